The number of hydrogen-bond acceptors (Lipinski definition) is 10. The fourth-order valence-corrected chi connectivity index (χ4v) is 4.18. The highest BCUT2D eigenvalue weighted by atomic mass is 32.2. The molecule has 0 saturated carbocycles. The molecule has 192 valence electrons. The van der Waals surface area contributed by atoms with Crippen LogP contribution in [0.1, 0.15) is 27.2 Å². The van der Waals surface area contributed by atoms with Crippen molar-refractivity contribution >= 4 is 31.3 Å². The molecule has 2 aromatic heterocycles. The van der Waals surface area contributed by atoms with Crippen LogP contribution >= 0.6 is 0 Å². The monoisotopic (exact) mass is 545 g/mol. The quantitative estimate of drug-likeness (QED) is 0.488. The minimum atomic E-state index is -4.95. The number of alkyl halides is 3. The van der Waals surface area contributed by atoms with Crippen LogP contribution in [0.25, 0.3) is 0 Å². The molecule has 0 fully saturated rings. The fourth-order valence-electron chi connectivity index (χ4n) is 2.93. The third-order valence-corrected chi connectivity index (χ3v) is 6.76. The zero-order valence-corrected chi connectivity index (χ0v) is 20.7. The predicted molar refractivity (Wildman–Crippen MR) is 119 cm³/mol. The van der Waals surface area contributed by atoms with E-state index in [2.05, 4.69) is 25.7 Å². The lowest BCUT2D eigenvalue weighted by atomic mass is 10.1. The Hall–Kier alpha value is -3.66. The Bertz CT molecular complexity index is 1580. The summed E-state index contributed by atoms with van der Waals surface area (Å²) in [5.41, 5.74) is -2.61. The van der Waals surface area contributed by atoms with Crippen LogP contribution < -0.4 is 10.1 Å². The molecule has 11 nitrogen and oxygen atoms in total. The molecule has 0 spiro atoms. The van der Waals surface area contributed by atoms with E-state index in [1.807, 2.05) is 0 Å². The molecule has 0 aliphatic heterocycles. The molecule has 16 heteroatoms. The number of aryl methyl sites for hydroxylation is 1. The van der Waals surface area contributed by atoms with E-state index >= 15 is 0 Å². The van der Waals surface area contributed by atoms with Gasteiger partial charge >= 0.3 is 6.18 Å². The maximum Gasteiger partial charge on any atom is 0.435 e. The predicted octanol–water partition coefficient (Wildman–Crippen LogP) is 2.75. The molecule has 36 heavy (non-hydrogen) atoms. The van der Waals surface area contributed by atoms with Crippen molar-refractivity contribution in [2.75, 3.05) is 17.8 Å². The highest BCUT2D eigenvalue weighted by Crippen LogP contribution is 2.35. The van der Waals surface area contributed by atoms with Gasteiger partial charge in [0.05, 0.1) is 4.90 Å². The summed E-state index contributed by atoms with van der Waals surface area (Å²) in [5, 5.41) is 15.6. The number of ether oxygens (including phenoxy) is 1. The van der Waals surface area contributed by atoms with Gasteiger partial charge in [0.2, 0.25) is 5.88 Å². The second-order valence-corrected chi connectivity index (χ2v) is 11.6. The molecule has 0 atom stereocenters. The van der Waals surface area contributed by atoms with Crippen molar-refractivity contribution in [3.63, 3.8) is 0 Å². The summed E-state index contributed by atoms with van der Waals surface area (Å²) in [6.07, 6.45) is -3.10. The first-order valence-corrected chi connectivity index (χ1v) is 13.5. The van der Waals surface area contributed by atoms with Crippen LogP contribution in [-0.4, -0.2) is 55.6 Å². The molecule has 3 rings (SSSR count). The third kappa shape index (κ3) is 5.93. The average molecular weight is 546 g/mol. The van der Waals surface area contributed by atoms with Crippen LogP contribution in [0, 0.1) is 13.8 Å². The molecule has 0 aliphatic rings. The zero-order chi connectivity index (χ0) is 27.1. The van der Waals surface area contributed by atoms with E-state index in [1.54, 1.807) is 0 Å². The Labute approximate surface area is 203 Å². The summed E-state index contributed by atoms with van der Waals surface area (Å²) < 4.78 is 92.7. The van der Waals surface area contributed by atoms with E-state index < -0.39 is 54.5 Å². The van der Waals surface area contributed by atoms with Crippen molar-refractivity contribution in [3.8, 4) is 11.8 Å². The maximum atomic E-state index is 13.5. The summed E-state index contributed by atoms with van der Waals surface area (Å²) in [5.74, 6) is -2.10. The Kier molecular flexibility index (Phi) is 7.05. The fraction of sp³-hybridized carbons (Fsp3) is 0.250. The lowest BCUT2D eigenvalue weighted by molar-refractivity contribution is -0.142. The van der Waals surface area contributed by atoms with Crippen LogP contribution in [0.15, 0.2) is 40.3 Å². The third-order valence-electron chi connectivity index (χ3n) is 4.69. The van der Waals surface area contributed by atoms with Gasteiger partial charge in [0, 0.05) is 23.8 Å². The number of benzene rings is 1. The van der Waals surface area contributed by atoms with E-state index in [1.165, 1.54) is 25.1 Å². The SMILES string of the molecule is Cc1cc(S(C)(=O)=O)nnc1Oc1nnc(C(F)(F)F)c(C)c1C(=O)Nc1cccc(S(C)(=O)=O)c1. The molecular formula is C20H18F3N5O6S2. The lowest BCUT2D eigenvalue weighted by Crippen LogP contribution is -2.21. The first-order chi connectivity index (χ1) is 16.5. The summed E-state index contributed by atoms with van der Waals surface area (Å²) in [6, 6.07) is 6.20. The number of carbonyl (C=O) groups is 1. The molecule has 0 saturated heterocycles. The van der Waals surface area contributed by atoms with E-state index in [9.17, 15) is 34.8 Å². The average Bonchev–Trinajstić information content (AvgIpc) is 2.73. The van der Waals surface area contributed by atoms with Gasteiger partial charge in [-0.1, -0.05) is 6.07 Å². The van der Waals surface area contributed by atoms with Crippen molar-refractivity contribution in [1.29, 1.82) is 0 Å². The number of nitrogens with zero attached hydrogens (tertiary/aromatic N) is 4. The van der Waals surface area contributed by atoms with E-state index in [0.717, 1.165) is 31.6 Å². The number of rotatable bonds is 6. The minimum Gasteiger partial charge on any atom is -0.416 e. The van der Waals surface area contributed by atoms with E-state index in [4.69, 9.17) is 4.74 Å². The Morgan fingerprint density at radius 1 is 0.917 bits per heavy atom. The van der Waals surface area contributed by atoms with Crippen molar-refractivity contribution < 1.29 is 39.5 Å². The Morgan fingerprint density at radius 2 is 1.56 bits per heavy atom. The first kappa shape index (κ1) is 26.9. The molecule has 3 aromatic rings. The Morgan fingerprint density at radius 3 is 2.11 bits per heavy atom. The van der Waals surface area contributed by atoms with Gasteiger partial charge in [0.15, 0.2) is 30.4 Å². The molecule has 0 radical (unpaired) electrons. The smallest absolute Gasteiger partial charge is 0.416 e. The standard InChI is InChI=1S/C20H18F3N5O6S2/c1-10-8-14(36(4,32)33)25-27-18(10)34-19-15(11(2)16(26-28-19)20(21,22)23)17(29)24-12-6-5-7-13(9-12)35(3,30)31/h5-9H,1-4H3,(H,24,29). The molecule has 1 amide bonds. The van der Waals surface area contributed by atoms with Crippen molar-refractivity contribution in [2.45, 2.75) is 29.9 Å². The molecule has 0 unspecified atom stereocenters. The number of carbonyl (C=O) groups excluding carboxylic acids is 1. The Balaban J connectivity index is 2.09. The highest BCUT2D eigenvalue weighted by molar-refractivity contribution is 7.91. The number of hydrogen-bond donors (Lipinski definition) is 1. The summed E-state index contributed by atoms with van der Waals surface area (Å²) in [6.45, 7) is 2.39. The van der Waals surface area contributed by atoms with Crippen molar-refractivity contribution in [3.05, 3.63) is 52.7 Å². The molecule has 0 aliphatic carbocycles. The summed E-state index contributed by atoms with van der Waals surface area (Å²) >= 11 is 0. The normalized spacial score (nSPS) is 12.3. The molecular weight excluding hydrogens is 527 g/mol. The topological polar surface area (TPSA) is 158 Å². The number of aromatic nitrogens is 4. The second-order valence-electron chi connectivity index (χ2n) is 7.65. The maximum absolute atomic E-state index is 13.5. The van der Waals surface area contributed by atoms with Crippen LogP contribution in [-0.2, 0) is 25.9 Å². The zero-order valence-electron chi connectivity index (χ0n) is 19.1. The second kappa shape index (κ2) is 9.42. The largest absolute Gasteiger partial charge is 0.435 e. The minimum absolute atomic E-state index is 0.0212. The van der Waals surface area contributed by atoms with Gasteiger partial charge in [-0.15, -0.1) is 20.4 Å². The van der Waals surface area contributed by atoms with Gasteiger partial charge in [-0.25, -0.2) is 16.8 Å². The van der Waals surface area contributed by atoms with Gasteiger partial charge in [-0.05, 0) is 43.7 Å². The number of nitrogens with one attached hydrogen (secondary N) is 1. The number of anilines is 1. The van der Waals surface area contributed by atoms with Gasteiger partial charge in [0.25, 0.3) is 11.8 Å². The number of sulfone groups is 2. The van der Waals surface area contributed by atoms with Crippen LogP contribution in [0.2, 0.25) is 0 Å². The van der Waals surface area contributed by atoms with Crippen LogP contribution in [0.5, 0.6) is 11.8 Å². The highest BCUT2D eigenvalue weighted by Gasteiger charge is 2.38. The van der Waals surface area contributed by atoms with Crippen molar-refractivity contribution in [2.24, 2.45) is 0 Å². The molecule has 0 bridgehead atoms. The van der Waals surface area contributed by atoms with Crippen LogP contribution in [0.4, 0.5) is 18.9 Å². The van der Waals surface area contributed by atoms with Gasteiger partial charge in [-0.3, -0.25) is 4.79 Å². The molecule has 1 aromatic carbocycles. The number of halogens is 3. The molecule has 1 N–H and O–H groups in total. The van der Waals surface area contributed by atoms with Gasteiger partial charge in [0.1, 0.15) is 5.56 Å². The lowest BCUT2D eigenvalue weighted by Gasteiger charge is -2.16. The van der Waals surface area contributed by atoms with E-state index in [0.29, 0.717) is 0 Å². The van der Waals surface area contributed by atoms with Gasteiger partial charge < -0.3 is 10.1 Å². The summed E-state index contributed by atoms with van der Waals surface area (Å²) in [7, 11) is -7.34. The molecule has 2 heterocycles. The van der Waals surface area contributed by atoms with Crippen LogP contribution in [0.3, 0.4) is 0 Å². The van der Waals surface area contributed by atoms with Crippen molar-refractivity contribution in [1.82, 2.24) is 20.4 Å². The summed E-state index contributed by atoms with van der Waals surface area (Å²) in [4.78, 5) is 12.9. The first-order valence-electron chi connectivity index (χ1n) is 9.76. The van der Waals surface area contributed by atoms with Gasteiger partial charge in [-0.2, -0.15) is 13.2 Å². The number of amides is 1. The van der Waals surface area contributed by atoms with E-state index in [-0.39, 0.29) is 27.1 Å².